The minimum Gasteiger partial charge on any atom is -0.376 e. The molecule has 2 N–H and O–H groups in total. The molecule has 0 fully saturated rings. The van der Waals surface area contributed by atoms with Gasteiger partial charge in [-0.3, -0.25) is 0 Å². The van der Waals surface area contributed by atoms with Crippen molar-refractivity contribution in [2.75, 3.05) is 13.2 Å². The Hall–Kier alpha value is 0.0600. The molecule has 0 amide bonds. The van der Waals surface area contributed by atoms with Crippen molar-refractivity contribution in [1.82, 2.24) is 0 Å². The molecule has 1 aromatic rings. The van der Waals surface area contributed by atoms with Gasteiger partial charge in [-0.1, -0.05) is 0 Å². The molecule has 0 bridgehead atoms. The van der Waals surface area contributed by atoms with E-state index in [1.54, 1.807) is 11.3 Å². The molecule has 0 aliphatic carbocycles. The highest BCUT2D eigenvalue weighted by Crippen LogP contribution is 2.30. The molecule has 17 heavy (non-hydrogen) atoms. The first-order valence-electron chi connectivity index (χ1n) is 5.74. The van der Waals surface area contributed by atoms with E-state index in [4.69, 9.17) is 15.2 Å². The number of ether oxygens (including phenoxy) is 2. The first-order valence-corrected chi connectivity index (χ1v) is 7.35. The van der Waals surface area contributed by atoms with Crippen LogP contribution in [-0.2, 0) is 9.47 Å². The Morgan fingerprint density at radius 2 is 1.88 bits per heavy atom. The maximum Gasteiger partial charge on any atom is 0.107 e. The van der Waals surface area contributed by atoms with E-state index >= 15 is 0 Å². The largest absolute Gasteiger partial charge is 0.376 e. The molecule has 0 radical (unpaired) electrons. The zero-order chi connectivity index (χ0) is 12.8. The molecule has 0 aliphatic rings. The molecule has 0 spiro atoms. The summed E-state index contributed by atoms with van der Waals surface area (Å²) in [7, 11) is 0. The average Bonchev–Trinajstić information content (AvgIpc) is 2.63. The molecule has 5 heteroatoms. The first-order chi connectivity index (χ1) is 8.00. The van der Waals surface area contributed by atoms with Crippen LogP contribution in [0.25, 0.3) is 0 Å². The lowest BCUT2D eigenvalue weighted by atomic mass is 10.1. The summed E-state index contributed by atoms with van der Waals surface area (Å²) in [6.45, 7) is 7.16. The third-order valence-corrected chi connectivity index (χ3v) is 3.87. The van der Waals surface area contributed by atoms with Gasteiger partial charge < -0.3 is 15.2 Å². The summed E-state index contributed by atoms with van der Waals surface area (Å²) in [5.41, 5.74) is 5.95. The molecule has 0 aromatic carbocycles. The third kappa shape index (κ3) is 5.48. The number of nitrogens with two attached hydrogens (primary N) is 1. The van der Waals surface area contributed by atoms with Gasteiger partial charge in [0.25, 0.3) is 0 Å². The van der Waals surface area contributed by atoms with Gasteiger partial charge >= 0.3 is 0 Å². The SMILES string of the molecule is CC(C)OCCOC(c1ccc(Br)s1)C(C)N. The van der Waals surface area contributed by atoms with Gasteiger partial charge in [-0.2, -0.15) is 0 Å². The minimum absolute atomic E-state index is 0.0281. The maximum absolute atomic E-state index is 5.95. The zero-order valence-electron chi connectivity index (χ0n) is 10.5. The highest BCUT2D eigenvalue weighted by molar-refractivity contribution is 9.11. The van der Waals surface area contributed by atoms with Gasteiger partial charge in [0.15, 0.2) is 0 Å². The van der Waals surface area contributed by atoms with E-state index in [0.29, 0.717) is 13.2 Å². The van der Waals surface area contributed by atoms with Crippen LogP contribution >= 0.6 is 27.3 Å². The molecule has 98 valence electrons. The van der Waals surface area contributed by atoms with Crippen LogP contribution in [0.2, 0.25) is 0 Å². The first kappa shape index (κ1) is 15.1. The maximum atomic E-state index is 5.95. The van der Waals surface area contributed by atoms with Crippen molar-refractivity contribution < 1.29 is 9.47 Å². The summed E-state index contributed by atoms with van der Waals surface area (Å²) in [5.74, 6) is 0. The van der Waals surface area contributed by atoms with Crippen LogP contribution in [0.4, 0.5) is 0 Å². The summed E-state index contributed by atoms with van der Waals surface area (Å²) in [6, 6.07) is 4.04. The normalized spacial score (nSPS) is 15.2. The summed E-state index contributed by atoms with van der Waals surface area (Å²) in [5, 5.41) is 0. The second-order valence-electron chi connectivity index (χ2n) is 4.21. The Kier molecular flexibility index (Phi) is 6.66. The van der Waals surface area contributed by atoms with E-state index in [-0.39, 0.29) is 18.2 Å². The fourth-order valence-corrected chi connectivity index (χ4v) is 3.02. The Morgan fingerprint density at radius 3 is 2.35 bits per heavy atom. The molecule has 0 aliphatic heterocycles. The molecular weight excluding hydrogens is 302 g/mol. The van der Waals surface area contributed by atoms with Crippen LogP contribution in [-0.4, -0.2) is 25.4 Å². The lowest BCUT2D eigenvalue weighted by Gasteiger charge is -2.20. The van der Waals surface area contributed by atoms with Crippen molar-refractivity contribution >= 4 is 27.3 Å². The van der Waals surface area contributed by atoms with E-state index in [1.165, 1.54) is 0 Å². The van der Waals surface area contributed by atoms with Crippen LogP contribution < -0.4 is 5.73 Å². The topological polar surface area (TPSA) is 44.5 Å². The molecule has 2 atom stereocenters. The predicted octanol–water partition coefficient (Wildman–Crippen LogP) is 3.34. The van der Waals surface area contributed by atoms with Crippen LogP contribution in [0.3, 0.4) is 0 Å². The summed E-state index contributed by atoms with van der Waals surface area (Å²) in [4.78, 5) is 1.15. The van der Waals surface area contributed by atoms with E-state index in [1.807, 2.05) is 32.9 Å². The molecule has 0 saturated carbocycles. The Bertz CT molecular complexity index is 328. The highest BCUT2D eigenvalue weighted by atomic mass is 79.9. The van der Waals surface area contributed by atoms with Crippen LogP contribution in [0, 0.1) is 0 Å². The molecule has 1 aromatic heterocycles. The smallest absolute Gasteiger partial charge is 0.107 e. The third-order valence-electron chi connectivity index (χ3n) is 2.18. The second kappa shape index (κ2) is 7.48. The fourth-order valence-electron chi connectivity index (χ4n) is 1.43. The average molecular weight is 322 g/mol. The summed E-state index contributed by atoms with van der Waals surface area (Å²) in [6.07, 6.45) is 0.185. The summed E-state index contributed by atoms with van der Waals surface area (Å²) >= 11 is 5.11. The fraction of sp³-hybridized carbons (Fsp3) is 0.667. The van der Waals surface area contributed by atoms with Gasteiger partial charge in [0, 0.05) is 10.9 Å². The van der Waals surface area contributed by atoms with E-state index < -0.39 is 0 Å². The Morgan fingerprint density at radius 1 is 1.24 bits per heavy atom. The number of hydrogen-bond donors (Lipinski definition) is 1. The quantitative estimate of drug-likeness (QED) is 0.783. The van der Waals surface area contributed by atoms with Crippen molar-refractivity contribution in [2.24, 2.45) is 5.73 Å². The highest BCUT2D eigenvalue weighted by Gasteiger charge is 2.18. The molecule has 2 unspecified atom stereocenters. The van der Waals surface area contributed by atoms with Gasteiger partial charge in [0.1, 0.15) is 6.10 Å². The van der Waals surface area contributed by atoms with Gasteiger partial charge in [0.2, 0.25) is 0 Å². The lowest BCUT2D eigenvalue weighted by molar-refractivity contribution is -0.0188. The van der Waals surface area contributed by atoms with Crippen LogP contribution in [0.15, 0.2) is 15.9 Å². The lowest BCUT2D eigenvalue weighted by Crippen LogP contribution is -2.27. The van der Waals surface area contributed by atoms with E-state index in [0.717, 1.165) is 8.66 Å². The number of thiophene rings is 1. The molecule has 1 heterocycles. The van der Waals surface area contributed by atoms with Gasteiger partial charge in [-0.25, -0.2) is 0 Å². The Labute approximate surface area is 115 Å². The molecule has 0 saturated heterocycles. The standard InChI is InChI=1S/C12H20BrNO2S/c1-8(2)15-6-7-16-12(9(3)14)10-4-5-11(13)17-10/h4-5,8-9,12H,6-7,14H2,1-3H3. The number of halogens is 1. The number of rotatable bonds is 7. The summed E-state index contributed by atoms with van der Waals surface area (Å²) < 4.78 is 12.3. The monoisotopic (exact) mass is 321 g/mol. The molecule has 1 rings (SSSR count). The zero-order valence-corrected chi connectivity index (χ0v) is 12.9. The van der Waals surface area contributed by atoms with Crippen LogP contribution in [0.1, 0.15) is 31.8 Å². The second-order valence-corrected chi connectivity index (χ2v) is 6.71. The predicted molar refractivity (Wildman–Crippen MR) is 75.4 cm³/mol. The van der Waals surface area contributed by atoms with E-state index in [2.05, 4.69) is 15.9 Å². The van der Waals surface area contributed by atoms with Gasteiger partial charge in [-0.15, -0.1) is 11.3 Å². The van der Waals surface area contributed by atoms with Gasteiger partial charge in [0.05, 0.1) is 23.1 Å². The minimum atomic E-state index is -0.0536. The van der Waals surface area contributed by atoms with E-state index in [9.17, 15) is 0 Å². The van der Waals surface area contributed by atoms with Crippen molar-refractivity contribution in [3.63, 3.8) is 0 Å². The number of hydrogen-bond acceptors (Lipinski definition) is 4. The molecule has 3 nitrogen and oxygen atoms in total. The Balaban J connectivity index is 2.44. The molecular formula is C12H20BrNO2S. The van der Waals surface area contributed by atoms with Crippen molar-refractivity contribution in [3.05, 3.63) is 20.8 Å². The van der Waals surface area contributed by atoms with Gasteiger partial charge in [-0.05, 0) is 48.8 Å². The van der Waals surface area contributed by atoms with Crippen LogP contribution in [0.5, 0.6) is 0 Å². The van der Waals surface area contributed by atoms with Crippen molar-refractivity contribution in [3.8, 4) is 0 Å². The van der Waals surface area contributed by atoms with Crippen molar-refractivity contribution in [2.45, 2.75) is 39.0 Å². The van der Waals surface area contributed by atoms with Crippen molar-refractivity contribution in [1.29, 1.82) is 0 Å².